The molecule has 1 aliphatic rings. The van der Waals surface area contributed by atoms with Crippen LogP contribution in [0.3, 0.4) is 0 Å². The topological polar surface area (TPSA) is 102 Å². The van der Waals surface area contributed by atoms with E-state index in [1.807, 2.05) is 0 Å². The summed E-state index contributed by atoms with van der Waals surface area (Å²) < 4.78 is 34.7. The van der Waals surface area contributed by atoms with Gasteiger partial charge in [-0.2, -0.15) is 0 Å². The molecule has 2 rings (SSSR count). The second kappa shape index (κ2) is 9.65. The van der Waals surface area contributed by atoms with Crippen LogP contribution in [0.15, 0.2) is 35.2 Å². The molecule has 26 heavy (non-hydrogen) atoms. The number of carbonyl (C=O) groups excluding carboxylic acids is 2. The zero-order valence-electron chi connectivity index (χ0n) is 14.7. The van der Waals surface area contributed by atoms with Crippen molar-refractivity contribution in [3.05, 3.63) is 30.3 Å². The summed E-state index contributed by atoms with van der Waals surface area (Å²) in [6, 6.07) is 8.04. The molecule has 8 nitrogen and oxygen atoms in total. The molecule has 1 atom stereocenters. The van der Waals surface area contributed by atoms with Gasteiger partial charge >= 0.3 is 0 Å². The zero-order chi connectivity index (χ0) is 19.0. The molecule has 1 unspecified atom stereocenters. The largest absolute Gasteiger partial charge is 0.383 e. The smallest absolute Gasteiger partial charge is 0.248 e. The van der Waals surface area contributed by atoms with Crippen LogP contribution in [-0.4, -0.2) is 76.9 Å². The van der Waals surface area contributed by atoms with Crippen LogP contribution in [0, 0.1) is 0 Å². The second-order valence-electron chi connectivity index (χ2n) is 5.95. The standard InChI is InChI=1S/C17H24N2O6S/c1-24-9-8-19-12-14(25-13-17(19)21)11-18-16(20)7-10-26(22,23)15-5-3-2-4-6-15/h2-6,14H,7-13H2,1H3,(H,18,20). The van der Waals surface area contributed by atoms with Crippen molar-refractivity contribution in [2.75, 3.05) is 45.7 Å². The number of morpholine rings is 1. The Morgan fingerprint density at radius 3 is 2.77 bits per heavy atom. The van der Waals surface area contributed by atoms with Crippen LogP contribution in [0.4, 0.5) is 0 Å². The average molecular weight is 384 g/mol. The molecule has 0 bridgehead atoms. The molecule has 2 amide bonds. The molecule has 1 aromatic rings. The van der Waals surface area contributed by atoms with Gasteiger partial charge in [-0.25, -0.2) is 8.42 Å². The minimum absolute atomic E-state index is 0.0351. The lowest BCUT2D eigenvalue weighted by Gasteiger charge is -2.32. The fourth-order valence-corrected chi connectivity index (χ4v) is 3.77. The molecule has 1 heterocycles. The molecule has 1 fully saturated rings. The van der Waals surface area contributed by atoms with Crippen LogP contribution in [0.25, 0.3) is 0 Å². The van der Waals surface area contributed by atoms with Crippen molar-refractivity contribution < 1.29 is 27.5 Å². The Labute approximate surface area is 153 Å². The van der Waals surface area contributed by atoms with Crippen LogP contribution in [0.5, 0.6) is 0 Å². The summed E-state index contributed by atoms with van der Waals surface area (Å²) in [5.41, 5.74) is 0. The number of amides is 2. The Morgan fingerprint density at radius 1 is 1.35 bits per heavy atom. The maximum absolute atomic E-state index is 12.2. The fourth-order valence-electron chi connectivity index (χ4n) is 2.51. The molecule has 0 radical (unpaired) electrons. The predicted octanol–water partition coefficient (Wildman–Crippen LogP) is -0.160. The highest BCUT2D eigenvalue weighted by Crippen LogP contribution is 2.11. The first kappa shape index (κ1) is 20.3. The minimum Gasteiger partial charge on any atom is -0.383 e. The minimum atomic E-state index is -3.48. The van der Waals surface area contributed by atoms with E-state index >= 15 is 0 Å². The molecule has 1 aliphatic heterocycles. The molecular weight excluding hydrogens is 360 g/mol. The Balaban J connectivity index is 1.75. The number of hydrogen-bond acceptors (Lipinski definition) is 6. The Hall–Kier alpha value is -1.97. The molecule has 0 aliphatic carbocycles. The van der Waals surface area contributed by atoms with Crippen molar-refractivity contribution in [1.82, 2.24) is 10.2 Å². The number of sulfone groups is 1. The summed E-state index contributed by atoms with van der Waals surface area (Å²) >= 11 is 0. The van der Waals surface area contributed by atoms with E-state index in [1.54, 1.807) is 30.2 Å². The van der Waals surface area contributed by atoms with Gasteiger partial charge < -0.3 is 19.7 Å². The van der Waals surface area contributed by atoms with E-state index < -0.39 is 9.84 Å². The van der Waals surface area contributed by atoms with Crippen LogP contribution >= 0.6 is 0 Å². The molecule has 144 valence electrons. The first-order valence-corrected chi connectivity index (χ1v) is 10.0. The molecule has 1 saturated heterocycles. The third-order valence-electron chi connectivity index (χ3n) is 4.01. The van der Waals surface area contributed by atoms with Gasteiger partial charge in [-0.15, -0.1) is 0 Å². The monoisotopic (exact) mass is 384 g/mol. The lowest BCUT2D eigenvalue weighted by atomic mass is 10.2. The third-order valence-corrected chi connectivity index (χ3v) is 5.74. The summed E-state index contributed by atoms with van der Waals surface area (Å²) in [5.74, 6) is -0.737. The van der Waals surface area contributed by atoms with Crippen molar-refractivity contribution >= 4 is 21.7 Å². The van der Waals surface area contributed by atoms with Crippen LogP contribution < -0.4 is 5.32 Å². The Kier molecular flexibility index (Phi) is 7.55. The zero-order valence-corrected chi connectivity index (χ0v) is 15.5. The number of hydrogen-bond donors (Lipinski definition) is 1. The number of nitrogens with one attached hydrogen (secondary N) is 1. The summed E-state index contributed by atoms with van der Waals surface area (Å²) in [7, 11) is -1.92. The van der Waals surface area contributed by atoms with Crippen molar-refractivity contribution in [2.24, 2.45) is 0 Å². The number of ether oxygens (including phenoxy) is 2. The van der Waals surface area contributed by atoms with Crippen molar-refractivity contribution in [1.29, 1.82) is 0 Å². The quantitative estimate of drug-likeness (QED) is 0.635. The number of nitrogens with zero attached hydrogens (tertiary/aromatic N) is 1. The number of rotatable bonds is 9. The number of benzene rings is 1. The van der Waals surface area contributed by atoms with Gasteiger partial charge in [-0.05, 0) is 12.1 Å². The van der Waals surface area contributed by atoms with Gasteiger partial charge in [0.2, 0.25) is 11.8 Å². The molecule has 0 saturated carbocycles. The third kappa shape index (κ3) is 6.08. The van der Waals surface area contributed by atoms with E-state index in [-0.39, 0.29) is 48.1 Å². The predicted molar refractivity (Wildman–Crippen MR) is 94.3 cm³/mol. The van der Waals surface area contributed by atoms with Gasteiger partial charge in [0.15, 0.2) is 9.84 Å². The highest BCUT2D eigenvalue weighted by atomic mass is 32.2. The van der Waals surface area contributed by atoms with Gasteiger partial charge in [-0.3, -0.25) is 9.59 Å². The van der Waals surface area contributed by atoms with E-state index in [4.69, 9.17) is 9.47 Å². The summed E-state index contributed by atoms with van der Waals surface area (Å²) in [6.45, 7) is 1.46. The van der Waals surface area contributed by atoms with Crippen molar-refractivity contribution in [3.8, 4) is 0 Å². The maximum atomic E-state index is 12.2. The van der Waals surface area contributed by atoms with Gasteiger partial charge in [-0.1, -0.05) is 18.2 Å². The van der Waals surface area contributed by atoms with Crippen molar-refractivity contribution in [3.63, 3.8) is 0 Å². The molecule has 1 N–H and O–H groups in total. The van der Waals surface area contributed by atoms with Gasteiger partial charge in [0.25, 0.3) is 0 Å². The first-order valence-electron chi connectivity index (χ1n) is 8.35. The SMILES string of the molecule is COCCN1CC(CNC(=O)CCS(=O)(=O)c2ccccc2)OCC1=O. The van der Waals surface area contributed by atoms with E-state index in [1.165, 1.54) is 12.1 Å². The lowest BCUT2D eigenvalue weighted by molar-refractivity contribution is -0.149. The second-order valence-corrected chi connectivity index (χ2v) is 8.06. The highest BCUT2D eigenvalue weighted by molar-refractivity contribution is 7.91. The van der Waals surface area contributed by atoms with Gasteiger partial charge in [0.05, 0.1) is 23.4 Å². The van der Waals surface area contributed by atoms with E-state index in [9.17, 15) is 18.0 Å². The van der Waals surface area contributed by atoms with Crippen molar-refractivity contribution in [2.45, 2.75) is 17.4 Å². The van der Waals surface area contributed by atoms with Crippen LogP contribution in [0.2, 0.25) is 0 Å². The molecule has 9 heteroatoms. The summed E-state index contributed by atoms with van der Waals surface area (Å²) in [5, 5.41) is 2.67. The van der Waals surface area contributed by atoms with E-state index in [0.717, 1.165) is 0 Å². The Bertz CT molecular complexity index is 707. The van der Waals surface area contributed by atoms with Gasteiger partial charge in [0.1, 0.15) is 6.61 Å². The normalized spacial score (nSPS) is 18.0. The van der Waals surface area contributed by atoms with E-state index in [0.29, 0.717) is 19.7 Å². The highest BCUT2D eigenvalue weighted by Gasteiger charge is 2.26. The number of carbonyl (C=O) groups is 2. The number of methoxy groups -OCH3 is 1. The molecule has 0 aromatic heterocycles. The molecular formula is C17H24N2O6S. The summed E-state index contributed by atoms with van der Waals surface area (Å²) in [6.07, 6.45) is -0.449. The summed E-state index contributed by atoms with van der Waals surface area (Å²) in [4.78, 5) is 25.5. The van der Waals surface area contributed by atoms with Crippen LogP contribution in [-0.2, 0) is 28.9 Å². The van der Waals surface area contributed by atoms with Gasteiger partial charge in [0, 0.05) is 33.2 Å². The average Bonchev–Trinajstić information content (AvgIpc) is 2.65. The van der Waals surface area contributed by atoms with Crippen LogP contribution in [0.1, 0.15) is 6.42 Å². The Morgan fingerprint density at radius 2 is 2.08 bits per heavy atom. The first-order chi connectivity index (χ1) is 12.4. The molecule has 1 aromatic carbocycles. The lowest BCUT2D eigenvalue weighted by Crippen LogP contribution is -2.51. The maximum Gasteiger partial charge on any atom is 0.248 e. The van der Waals surface area contributed by atoms with E-state index in [2.05, 4.69) is 5.32 Å². The fraction of sp³-hybridized carbons (Fsp3) is 0.529. The molecule has 0 spiro atoms.